The highest BCUT2D eigenvalue weighted by molar-refractivity contribution is 9.10. The maximum absolute atomic E-state index is 10.9. The molecule has 0 saturated heterocycles. The van der Waals surface area contributed by atoms with E-state index in [2.05, 4.69) is 26.2 Å². The number of nitro groups is 1. The molecule has 1 aromatic carbocycles. The number of aryl methyl sites for hydroxylation is 1. The summed E-state index contributed by atoms with van der Waals surface area (Å²) in [5.41, 5.74) is 0.603. The molecule has 1 N–H and O–H groups in total. The van der Waals surface area contributed by atoms with Crippen LogP contribution in [0.2, 0.25) is 0 Å². The van der Waals surface area contributed by atoms with Gasteiger partial charge in [0.05, 0.1) is 9.93 Å². The summed E-state index contributed by atoms with van der Waals surface area (Å²) in [4.78, 5) is 16.0. The Labute approximate surface area is 123 Å². The van der Waals surface area contributed by atoms with Gasteiger partial charge in [-0.05, 0) is 19.1 Å². The number of anilines is 1. The second kappa shape index (κ2) is 6.12. The quantitative estimate of drug-likeness (QED) is 0.663. The predicted octanol–water partition coefficient (Wildman–Crippen LogP) is 3.78. The number of nitro benzene ring substituents is 1. The average molecular weight is 342 g/mol. The molecule has 1 heterocycles. The lowest BCUT2D eigenvalue weighted by Crippen LogP contribution is -2.06. The zero-order valence-corrected chi connectivity index (χ0v) is 12.6. The van der Waals surface area contributed by atoms with Crippen molar-refractivity contribution in [1.82, 2.24) is 4.98 Å². The Bertz CT molecular complexity index is 600. The number of rotatable bonds is 5. The third-order valence-corrected chi connectivity index (χ3v) is 3.94. The van der Waals surface area contributed by atoms with E-state index >= 15 is 0 Å². The fourth-order valence-electron chi connectivity index (χ4n) is 1.63. The monoisotopic (exact) mass is 341 g/mol. The topological polar surface area (TPSA) is 68.1 Å². The number of nitrogens with zero attached hydrogens (tertiary/aromatic N) is 2. The van der Waals surface area contributed by atoms with Crippen LogP contribution in [-0.4, -0.2) is 16.5 Å². The van der Waals surface area contributed by atoms with Crippen LogP contribution < -0.4 is 5.32 Å². The molecule has 100 valence electrons. The zero-order valence-electron chi connectivity index (χ0n) is 10.2. The Balaban J connectivity index is 2.02. The minimum Gasteiger partial charge on any atom is -0.379 e. The van der Waals surface area contributed by atoms with Crippen molar-refractivity contribution in [1.29, 1.82) is 0 Å². The van der Waals surface area contributed by atoms with Crippen LogP contribution in [-0.2, 0) is 6.42 Å². The Hall–Kier alpha value is -1.47. The van der Waals surface area contributed by atoms with E-state index in [4.69, 9.17) is 0 Å². The fraction of sp³-hybridized carbons (Fsp3) is 0.250. The van der Waals surface area contributed by atoms with Crippen LogP contribution in [0.15, 0.2) is 28.9 Å². The molecular formula is C12H12BrN3O2S. The van der Waals surface area contributed by atoms with Crippen LogP contribution in [0.3, 0.4) is 0 Å². The molecule has 0 spiro atoms. The molecule has 1 aromatic heterocycles. The average Bonchev–Trinajstić information content (AvgIpc) is 2.75. The first-order chi connectivity index (χ1) is 9.06. The van der Waals surface area contributed by atoms with E-state index in [0.29, 0.717) is 12.2 Å². The molecule has 19 heavy (non-hydrogen) atoms. The summed E-state index contributed by atoms with van der Waals surface area (Å²) in [6, 6.07) is 4.86. The first-order valence-corrected chi connectivity index (χ1v) is 7.26. The number of halogens is 1. The summed E-state index contributed by atoms with van der Waals surface area (Å²) in [6.07, 6.45) is 2.59. The van der Waals surface area contributed by atoms with Gasteiger partial charge in [-0.15, -0.1) is 11.3 Å². The molecule has 0 aliphatic heterocycles. The molecule has 0 amide bonds. The van der Waals surface area contributed by atoms with Gasteiger partial charge in [0.2, 0.25) is 0 Å². The molecule has 2 rings (SSSR count). The molecule has 0 atom stereocenters. The van der Waals surface area contributed by atoms with Gasteiger partial charge < -0.3 is 5.32 Å². The van der Waals surface area contributed by atoms with Crippen LogP contribution in [0, 0.1) is 17.0 Å². The highest BCUT2D eigenvalue weighted by Gasteiger charge is 2.13. The highest BCUT2D eigenvalue weighted by atomic mass is 79.9. The van der Waals surface area contributed by atoms with Gasteiger partial charge in [0.25, 0.3) is 5.69 Å². The summed E-state index contributed by atoms with van der Waals surface area (Å²) < 4.78 is 0.811. The van der Waals surface area contributed by atoms with Crippen LogP contribution in [0.4, 0.5) is 11.4 Å². The van der Waals surface area contributed by atoms with Gasteiger partial charge in [0, 0.05) is 34.6 Å². The Morgan fingerprint density at radius 1 is 1.53 bits per heavy atom. The molecule has 0 aliphatic carbocycles. The number of nitrogens with one attached hydrogen (secondary N) is 1. The molecular weight excluding hydrogens is 330 g/mol. The van der Waals surface area contributed by atoms with Crippen molar-refractivity contribution in [3.63, 3.8) is 0 Å². The lowest BCUT2D eigenvalue weighted by molar-refractivity contribution is -0.384. The summed E-state index contributed by atoms with van der Waals surface area (Å²) in [5.74, 6) is 0. The Kier molecular flexibility index (Phi) is 4.49. The number of hydrogen-bond donors (Lipinski definition) is 1. The fourth-order valence-corrected chi connectivity index (χ4v) is 2.78. The SMILES string of the molecule is Cc1cnc(CCNc2cc(Br)ccc2[N+](=O)[O-])s1. The molecule has 0 unspecified atom stereocenters. The van der Waals surface area contributed by atoms with Crippen LogP contribution in [0.1, 0.15) is 9.88 Å². The van der Waals surface area contributed by atoms with Gasteiger partial charge in [0.1, 0.15) is 5.69 Å². The van der Waals surface area contributed by atoms with Crippen LogP contribution in [0.25, 0.3) is 0 Å². The smallest absolute Gasteiger partial charge is 0.292 e. The summed E-state index contributed by atoms with van der Waals surface area (Å²) in [5, 5.41) is 15.0. The lowest BCUT2D eigenvalue weighted by Gasteiger charge is -2.06. The van der Waals surface area contributed by atoms with Crippen molar-refractivity contribution in [2.45, 2.75) is 13.3 Å². The summed E-state index contributed by atoms with van der Waals surface area (Å²) in [7, 11) is 0. The second-order valence-electron chi connectivity index (χ2n) is 3.96. The molecule has 0 fully saturated rings. The number of hydrogen-bond acceptors (Lipinski definition) is 5. The van der Waals surface area contributed by atoms with Crippen molar-refractivity contribution in [3.05, 3.63) is 48.9 Å². The second-order valence-corrected chi connectivity index (χ2v) is 6.20. The van der Waals surface area contributed by atoms with E-state index in [1.165, 1.54) is 10.9 Å². The van der Waals surface area contributed by atoms with E-state index in [1.54, 1.807) is 23.5 Å². The molecule has 0 bridgehead atoms. The zero-order chi connectivity index (χ0) is 13.8. The van der Waals surface area contributed by atoms with Crippen molar-refractivity contribution >= 4 is 38.6 Å². The van der Waals surface area contributed by atoms with Gasteiger partial charge >= 0.3 is 0 Å². The third-order valence-electron chi connectivity index (χ3n) is 2.48. The van der Waals surface area contributed by atoms with Crippen LogP contribution >= 0.6 is 27.3 Å². The van der Waals surface area contributed by atoms with Gasteiger partial charge in [0.15, 0.2) is 0 Å². The van der Waals surface area contributed by atoms with E-state index < -0.39 is 0 Å². The molecule has 7 heteroatoms. The molecule has 2 aromatic rings. The minimum absolute atomic E-state index is 0.0820. The number of benzene rings is 1. The Morgan fingerprint density at radius 2 is 2.32 bits per heavy atom. The van der Waals surface area contributed by atoms with Crippen LogP contribution in [0.5, 0.6) is 0 Å². The molecule has 0 radical (unpaired) electrons. The maximum atomic E-state index is 10.9. The van der Waals surface area contributed by atoms with Crippen molar-refractivity contribution in [3.8, 4) is 0 Å². The van der Waals surface area contributed by atoms with Gasteiger partial charge in [-0.3, -0.25) is 10.1 Å². The first kappa shape index (κ1) is 14.0. The van der Waals surface area contributed by atoms with E-state index in [9.17, 15) is 10.1 Å². The van der Waals surface area contributed by atoms with Crippen molar-refractivity contribution < 1.29 is 4.92 Å². The highest BCUT2D eigenvalue weighted by Crippen LogP contribution is 2.27. The maximum Gasteiger partial charge on any atom is 0.292 e. The lowest BCUT2D eigenvalue weighted by atomic mass is 10.2. The number of thiazole rings is 1. The van der Waals surface area contributed by atoms with Crippen molar-refractivity contribution in [2.24, 2.45) is 0 Å². The van der Waals surface area contributed by atoms with E-state index in [1.807, 2.05) is 13.1 Å². The third kappa shape index (κ3) is 3.74. The first-order valence-electron chi connectivity index (χ1n) is 5.65. The standard InChI is InChI=1S/C12H12BrN3O2S/c1-8-7-15-12(19-8)4-5-14-10-6-9(13)2-3-11(10)16(17)18/h2-3,6-7,14H,4-5H2,1H3. The molecule has 0 aliphatic rings. The molecule has 5 nitrogen and oxygen atoms in total. The molecule has 0 saturated carbocycles. The Morgan fingerprint density at radius 3 is 2.95 bits per heavy atom. The van der Waals surface area contributed by atoms with Crippen molar-refractivity contribution in [2.75, 3.05) is 11.9 Å². The van der Waals surface area contributed by atoms with Gasteiger partial charge in [-0.2, -0.15) is 0 Å². The van der Waals surface area contributed by atoms with Gasteiger partial charge in [-0.1, -0.05) is 15.9 Å². The minimum atomic E-state index is -0.387. The largest absolute Gasteiger partial charge is 0.379 e. The summed E-state index contributed by atoms with van der Waals surface area (Å²) in [6.45, 7) is 2.62. The number of aromatic nitrogens is 1. The summed E-state index contributed by atoms with van der Waals surface area (Å²) >= 11 is 4.95. The van der Waals surface area contributed by atoms with E-state index in [0.717, 1.165) is 15.9 Å². The van der Waals surface area contributed by atoms with E-state index in [-0.39, 0.29) is 10.6 Å². The predicted molar refractivity (Wildman–Crippen MR) is 79.8 cm³/mol. The normalized spacial score (nSPS) is 10.4. The van der Waals surface area contributed by atoms with Gasteiger partial charge in [-0.25, -0.2) is 4.98 Å².